The van der Waals surface area contributed by atoms with Crippen LogP contribution in [0.5, 0.6) is 0 Å². The molecular formula is C26H23N3O3. The van der Waals surface area contributed by atoms with E-state index in [0.29, 0.717) is 33.2 Å². The quantitative estimate of drug-likeness (QED) is 0.464. The fraction of sp³-hybridized carbons (Fsp3) is 0.192. The zero-order chi connectivity index (χ0) is 22.2. The Labute approximate surface area is 184 Å². The van der Waals surface area contributed by atoms with Crippen molar-refractivity contribution in [2.45, 2.75) is 26.3 Å². The van der Waals surface area contributed by atoms with E-state index in [1.165, 1.54) is 0 Å². The minimum Gasteiger partial charge on any atom is -0.331 e. The second kappa shape index (κ2) is 7.96. The lowest BCUT2D eigenvalue weighted by molar-refractivity contribution is -0.117. The van der Waals surface area contributed by atoms with Gasteiger partial charge in [0.1, 0.15) is 6.54 Å². The molecule has 0 unspecified atom stereocenters. The Hall–Kier alpha value is -3.93. The largest absolute Gasteiger partial charge is 0.331 e. The highest BCUT2D eigenvalue weighted by Crippen LogP contribution is 2.31. The Kier molecular flexibility index (Phi) is 4.98. The van der Waals surface area contributed by atoms with Gasteiger partial charge in [0.05, 0.1) is 11.0 Å². The molecule has 0 aliphatic heterocycles. The van der Waals surface area contributed by atoms with Gasteiger partial charge in [0.25, 0.3) is 0 Å². The molecule has 0 saturated heterocycles. The van der Waals surface area contributed by atoms with Gasteiger partial charge in [-0.1, -0.05) is 30.3 Å². The molecule has 5 rings (SSSR count). The molecular weight excluding hydrogens is 402 g/mol. The molecule has 0 bridgehead atoms. The van der Waals surface area contributed by atoms with Crippen LogP contribution in [0.1, 0.15) is 18.4 Å². The summed E-state index contributed by atoms with van der Waals surface area (Å²) in [6.07, 6.45) is 1.87. The predicted octanol–water partition coefficient (Wildman–Crippen LogP) is 4.45. The zero-order valence-corrected chi connectivity index (χ0v) is 17.7. The van der Waals surface area contributed by atoms with Gasteiger partial charge in [-0.15, -0.1) is 0 Å². The van der Waals surface area contributed by atoms with Crippen LogP contribution < -0.4 is 16.1 Å². The van der Waals surface area contributed by atoms with Crippen LogP contribution >= 0.6 is 0 Å². The zero-order valence-electron chi connectivity index (χ0n) is 17.7. The summed E-state index contributed by atoms with van der Waals surface area (Å²) in [5, 5.41) is 7.06. The van der Waals surface area contributed by atoms with E-state index in [1.54, 1.807) is 18.2 Å². The third kappa shape index (κ3) is 3.75. The molecule has 160 valence electrons. The smallest absolute Gasteiger partial charge is 0.244 e. The van der Waals surface area contributed by atoms with Crippen molar-refractivity contribution in [3.8, 4) is 0 Å². The van der Waals surface area contributed by atoms with E-state index < -0.39 is 0 Å². The number of aryl methyl sites for hydroxylation is 1. The van der Waals surface area contributed by atoms with Crippen molar-refractivity contribution >= 4 is 45.0 Å². The number of amides is 2. The molecule has 6 nitrogen and oxygen atoms in total. The van der Waals surface area contributed by atoms with Gasteiger partial charge in [0.2, 0.25) is 11.8 Å². The molecule has 1 aliphatic rings. The SMILES string of the molecule is Cc1ccc(NC(=O)C2CC2)cc1NC(=O)Cn1c2ccccc2c(=O)c2ccccc21. The summed E-state index contributed by atoms with van der Waals surface area (Å²) >= 11 is 0. The third-order valence-electron chi connectivity index (χ3n) is 5.91. The second-order valence-electron chi connectivity index (χ2n) is 8.29. The third-order valence-corrected chi connectivity index (χ3v) is 5.91. The summed E-state index contributed by atoms with van der Waals surface area (Å²) in [4.78, 5) is 38.0. The van der Waals surface area contributed by atoms with Crippen LogP contribution in [0.3, 0.4) is 0 Å². The Morgan fingerprint density at radius 1 is 0.906 bits per heavy atom. The van der Waals surface area contributed by atoms with E-state index in [4.69, 9.17) is 0 Å². The van der Waals surface area contributed by atoms with Gasteiger partial charge in [-0.3, -0.25) is 14.4 Å². The summed E-state index contributed by atoms with van der Waals surface area (Å²) in [5.41, 5.74) is 3.61. The molecule has 1 fully saturated rings. The molecule has 32 heavy (non-hydrogen) atoms. The summed E-state index contributed by atoms with van der Waals surface area (Å²) in [6.45, 7) is 1.96. The average molecular weight is 425 g/mol. The monoisotopic (exact) mass is 425 g/mol. The number of hydrogen-bond acceptors (Lipinski definition) is 3. The van der Waals surface area contributed by atoms with Crippen molar-refractivity contribution in [3.05, 3.63) is 82.5 Å². The number of hydrogen-bond donors (Lipinski definition) is 2. The van der Waals surface area contributed by atoms with Gasteiger partial charge < -0.3 is 15.2 Å². The van der Waals surface area contributed by atoms with Crippen molar-refractivity contribution < 1.29 is 9.59 Å². The lowest BCUT2D eigenvalue weighted by atomic mass is 10.1. The van der Waals surface area contributed by atoms with E-state index in [0.717, 1.165) is 18.4 Å². The van der Waals surface area contributed by atoms with Gasteiger partial charge in [-0.2, -0.15) is 0 Å². The van der Waals surface area contributed by atoms with Crippen LogP contribution in [0.2, 0.25) is 0 Å². The standard InChI is InChI=1S/C26H23N3O3/c1-16-10-13-18(27-26(32)17-11-12-17)14-21(16)28-24(30)15-29-22-8-4-2-6-19(22)25(31)20-7-3-5-9-23(20)29/h2-10,13-14,17H,11-12,15H2,1H3,(H,27,32)(H,28,30). The van der Waals surface area contributed by atoms with Gasteiger partial charge in [0, 0.05) is 28.1 Å². The minimum absolute atomic E-state index is 0.0253. The minimum atomic E-state index is -0.210. The molecule has 0 spiro atoms. The number of anilines is 2. The fourth-order valence-electron chi connectivity index (χ4n) is 4.00. The van der Waals surface area contributed by atoms with Gasteiger partial charge in [-0.05, 0) is 61.7 Å². The highest BCUT2D eigenvalue weighted by Gasteiger charge is 2.29. The predicted molar refractivity (Wildman–Crippen MR) is 127 cm³/mol. The first-order chi connectivity index (χ1) is 15.5. The van der Waals surface area contributed by atoms with Crippen molar-refractivity contribution in [1.29, 1.82) is 0 Å². The summed E-state index contributed by atoms with van der Waals surface area (Å²) in [7, 11) is 0. The fourth-order valence-corrected chi connectivity index (χ4v) is 4.00. The van der Waals surface area contributed by atoms with Crippen LogP contribution in [-0.4, -0.2) is 16.4 Å². The van der Waals surface area contributed by atoms with E-state index >= 15 is 0 Å². The van der Waals surface area contributed by atoms with Gasteiger partial charge >= 0.3 is 0 Å². The molecule has 1 aliphatic carbocycles. The molecule has 1 aromatic heterocycles. The lowest BCUT2D eigenvalue weighted by Gasteiger charge is -2.16. The molecule has 3 aromatic carbocycles. The Bertz CT molecular complexity index is 1370. The lowest BCUT2D eigenvalue weighted by Crippen LogP contribution is -2.22. The first-order valence-electron chi connectivity index (χ1n) is 10.7. The maximum absolute atomic E-state index is 13.1. The van der Waals surface area contributed by atoms with Crippen molar-refractivity contribution in [2.24, 2.45) is 5.92 Å². The number of rotatable bonds is 5. The first-order valence-corrected chi connectivity index (χ1v) is 10.7. The van der Waals surface area contributed by atoms with Gasteiger partial charge in [0.15, 0.2) is 5.43 Å². The van der Waals surface area contributed by atoms with Crippen molar-refractivity contribution in [1.82, 2.24) is 4.57 Å². The molecule has 1 heterocycles. The molecule has 1 saturated carbocycles. The van der Waals surface area contributed by atoms with E-state index in [-0.39, 0.29) is 29.7 Å². The number of pyridine rings is 1. The average Bonchev–Trinajstić information content (AvgIpc) is 3.65. The van der Waals surface area contributed by atoms with Gasteiger partial charge in [-0.25, -0.2) is 0 Å². The van der Waals surface area contributed by atoms with Crippen LogP contribution in [0, 0.1) is 12.8 Å². The number of para-hydroxylation sites is 2. The second-order valence-corrected chi connectivity index (χ2v) is 8.29. The molecule has 2 amide bonds. The molecule has 0 radical (unpaired) electrons. The Balaban J connectivity index is 1.46. The van der Waals surface area contributed by atoms with Crippen LogP contribution in [-0.2, 0) is 16.1 Å². The normalized spacial score (nSPS) is 13.3. The highest BCUT2D eigenvalue weighted by molar-refractivity contribution is 5.98. The maximum Gasteiger partial charge on any atom is 0.244 e. The summed E-state index contributed by atoms with van der Waals surface area (Å²) in [5.74, 6) is -0.0775. The number of nitrogens with one attached hydrogen (secondary N) is 2. The van der Waals surface area contributed by atoms with Crippen LogP contribution in [0.15, 0.2) is 71.5 Å². The van der Waals surface area contributed by atoms with Crippen molar-refractivity contribution in [2.75, 3.05) is 10.6 Å². The highest BCUT2D eigenvalue weighted by atomic mass is 16.2. The van der Waals surface area contributed by atoms with E-state index in [2.05, 4.69) is 10.6 Å². The number of carbonyl (C=O) groups excluding carboxylic acids is 2. The molecule has 0 atom stereocenters. The molecule has 2 N–H and O–H groups in total. The summed E-state index contributed by atoms with van der Waals surface area (Å²) in [6, 6.07) is 20.2. The van der Waals surface area contributed by atoms with Crippen molar-refractivity contribution in [3.63, 3.8) is 0 Å². The van der Waals surface area contributed by atoms with Crippen LogP contribution in [0.25, 0.3) is 21.8 Å². The van der Waals surface area contributed by atoms with E-state index in [9.17, 15) is 14.4 Å². The topological polar surface area (TPSA) is 80.2 Å². The Morgan fingerprint density at radius 3 is 2.16 bits per heavy atom. The number of nitrogens with zero attached hydrogens (tertiary/aromatic N) is 1. The molecule has 6 heteroatoms. The molecule has 4 aromatic rings. The number of benzene rings is 3. The van der Waals surface area contributed by atoms with Crippen LogP contribution in [0.4, 0.5) is 11.4 Å². The number of carbonyl (C=O) groups is 2. The first kappa shape index (κ1) is 20.0. The maximum atomic E-state index is 13.1. The number of aromatic nitrogens is 1. The van der Waals surface area contributed by atoms with E-state index in [1.807, 2.05) is 60.0 Å². The summed E-state index contributed by atoms with van der Waals surface area (Å²) < 4.78 is 1.87. The number of fused-ring (bicyclic) bond motifs is 2. The Morgan fingerprint density at radius 2 is 1.53 bits per heavy atom.